The van der Waals surface area contributed by atoms with Gasteiger partial charge in [0.2, 0.25) is 5.91 Å². The first-order valence-electron chi connectivity index (χ1n) is 8.10. The van der Waals surface area contributed by atoms with Gasteiger partial charge in [0.25, 0.3) is 5.56 Å². The average molecular weight is 327 g/mol. The topological polar surface area (TPSA) is 74.8 Å². The van der Waals surface area contributed by atoms with Gasteiger partial charge in [0.15, 0.2) is 0 Å². The van der Waals surface area contributed by atoms with Gasteiger partial charge >= 0.3 is 0 Å². The minimum Gasteiger partial charge on any atom is -0.355 e. The van der Waals surface area contributed by atoms with Gasteiger partial charge in [0.1, 0.15) is 5.82 Å². The van der Waals surface area contributed by atoms with E-state index in [4.69, 9.17) is 0 Å². The first kappa shape index (κ1) is 17.9. The van der Waals surface area contributed by atoms with Crippen molar-refractivity contribution in [1.82, 2.24) is 15.3 Å². The number of benzene rings is 1. The van der Waals surface area contributed by atoms with Crippen molar-refractivity contribution in [1.29, 1.82) is 0 Å². The first-order chi connectivity index (χ1) is 11.2. The highest BCUT2D eigenvalue weighted by atomic mass is 16.2. The summed E-state index contributed by atoms with van der Waals surface area (Å²) in [5.74, 6) is 0.387. The summed E-state index contributed by atoms with van der Waals surface area (Å²) in [5.41, 5.74) is 3.00. The molecule has 128 valence electrons. The Labute approximate surface area is 142 Å². The number of carbonyl (C=O) groups excluding carboxylic acids is 1. The molecule has 0 radical (unpaired) electrons. The molecule has 0 aliphatic rings. The van der Waals surface area contributed by atoms with Crippen molar-refractivity contribution >= 4 is 5.91 Å². The van der Waals surface area contributed by atoms with Crippen molar-refractivity contribution in [2.75, 3.05) is 6.54 Å². The number of nitrogens with zero attached hydrogens (tertiary/aromatic N) is 1. The van der Waals surface area contributed by atoms with E-state index in [1.807, 2.05) is 12.1 Å². The maximum absolute atomic E-state index is 12.3. The van der Waals surface area contributed by atoms with Crippen molar-refractivity contribution in [3.05, 3.63) is 62.8 Å². The van der Waals surface area contributed by atoms with Crippen LogP contribution in [0.3, 0.4) is 0 Å². The fourth-order valence-electron chi connectivity index (χ4n) is 2.93. The molecule has 0 spiro atoms. The van der Waals surface area contributed by atoms with Gasteiger partial charge in [-0.05, 0) is 31.9 Å². The third kappa shape index (κ3) is 4.10. The predicted octanol–water partition coefficient (Wildman–Crippen LogP) is 2.33. The molecule has 0 bridgehead atoms. The zero-order valence-corrected chi connectivity index (χ0v) is 15.0. The summed E-state index contributed by atoms with van der Waals surface area (Å²) in [6, 6.07) is 8.17. The number of hydrogen-bond donors (Lipinski definition) is 2. The van der Waals surface area contributed by atoms with Gasteiger partial charge in [-0.1, -0.05) is 38.1 Å². The smallest absolute Gasteiger partial charge is 0.254 e. The van der Waals surface area contributed by atoms with Crippen LogP contribution < -0.4 is 10.9 Å². The van der Waals surface area contributed by atoms with Gasteiger partial charge in [-0.3, -0.25) is 9.59 Å². The van der Waals surface area contributed by atoms with Crippen LogP contribution in [0.15, 0.2) is 29.1 Å². The van der Waals surface area contributed by atoms with Crippen LogP contribution in [0.1, 0.15) is 42.1 Å². The highest BCUT2D eigenvalue weighted by molar-refractivity contribution is 5.78. The Kier molecular flexibility index (Phi) is 5.22. The number of aryl methyl sites for hydroxylation is 3. The van der Waals surface area contributed by atoms with E-state index in [2.05, 4.69) is 48.2 Å². The number of hydrogen-bond acceptors (Lipinski definition) is 3. The highest BCUT2D eigenvalue weighted by Gasteiger charge is 2.23. The molecule has 2 aromatic rings. The van der Waals surface area contributed by atoms with E-state index < -0.39 is 0 Å². The summed E-state index contributed by atoms with van der Waals surface area (Å²) in [6.07, 6.45) is 0.0400. The molecule has 2 N–H and O–H groups in total. The number of nitrogens with one attached hydrogen (secondary N) is 2. The Balaban J connectivity index is 2.06. The number of aromatic nitrogens is 2. The van der Waals surface area contributed by atoms with Crippen LogP contribution in [0.5, 0.6) is 0 Å². The van der Waals surface area contributed by atoms with Crippen LogP contribution in [0, 0.1) is 20.8 Å². The lowest BCUT2D eigenvalue weighted by atomic mass is 9.82. The number of aromatic amines is 1. The summed E-state index contributed by atoms with van der Waals surface area (Å²) in [5, 5.41) is 2.95. The van der Waals surface area contributed by atoms with Crippen molar-refractivity contribution in [3.8, 4) is 0 Å². The standard InChI is InChI=1S/C19H25N3O2/c1-12-8-6-7-9-16(12)19(4,5)11-20-17(23)10-15-13(2)21-14(3)22-18(15)24/h6-9H,10-11H2,1-5H3,(H,20,23)(H,21,22,24). The van der Waals surface area contributed by atoms with Crippen molar-refractivity contribution in [2.24, 2.45) is 0 Å². The van der Waals surface area contributed by atoms with Gasteiger partial charge in [-0.2, -0.15) is 0 Å². The van der Waals surface area contributed by atoms with E-state index >= 15 is 0 Å². The number of carbonyl (C=O) groups is 1. The Morgan fingerprint density at radius 1 is 1.21 bits per heavy atom. The molecule has 0 aliphatic heterocycles. The van der Waals surface area contributed by atoms with Crippen LogP contribution in [0.4, 0.5) is 0 Å². The molecule has 0 saturated heterocycles. The zero-order valence-electron chi connectivity index (χ0n) is 15.0. The third-order valence-corrected chi connectivity index (χ3v) is 4.28. The second-order valence-electron chi connectivity index (χ2n) is 6.87. The van der Waals surface area contributed by atoms with E-state index in [-0.39, 0.29) is 23.3 Å². The van der Waals surface area contributed by atoms with Gasteiger partial charge in [-0.15, -0.1) is 0 Å². The molecule has 0 unspecified atom stereocenters. The quantitative estimate of drug-likeness (QED) is 0.885. The zero-order chi connectivity index (χ0) is 17.9. The van der Waals surface area contributed by atoms with E-state index in [0.29, 0.717) is 23.6 Å². The van der Waals surface area contributed by atoms with Crippen molar-refractivity contribution in [3.63, 3.8) is 0 Å². The maximum atomic E-state index is 12.3. The SMILES string of the molecule is Cc1nc(C)c(CC(=O)NCC(C)(C)c2ccccc2C)c(=O)[nH]1. The molecular formula is C19H25N3O2. The van der Waals surface area contributed by atoms with Crippen LogP contribution >= 0.6 is 0 Å². The lowest BCUT2D eigenvalue weighted by Gasteiger charge is -2.27. The molecule has 0 fully saturated rings. The normalized spacial score (nSPS) is 11.4. The third-order valence-electron chi connectivity index (χ3n) is 4.28. The van der Waals surface area contributed by atoms with Gasteiger partial charge < -0.3 is 10.3 Å². The summed E-state index contributed by atoms with van der Waals surface area (Å²) < 4.78 is 0. The van der Waals surface area contributed by atoms with Crippen LogP contribution in [0.25, 0.3) is 0 Å². The van der Waals surface area contributed by atoms with E-state index in [9.17, 15) is 9.59 Å². The fourth-order valence-corrected chi connectivity index (χ4v) is 2.93. The Bertz CT molecular complexity index is 806. The summed E-state index contributed by atoms with van der Waals surface area (Å²) >= 11 is 0. The fraction of sp³-hybridized carbons (Fsp3) is 0.421. The Morgan fingerprint density at radius 3 is 2.50 bits per heavy atom. The molecule has 1 heterocycles. The minimum absolute atomic E-state index is 0.0400. The number of amides is 1. The van der Waals surface area contributed by atoms with E-state index in [1.165, 1.54) is 11.1 Å². The second kappa shape index (κ2) is 6.99. The monoisotopic (exact) mass is 327 g/mol. The molecule has 2 rings (SSSR count). The summed E-state index contributed by atoms with van der Waals surface area (Å²) in [6.45, 7) is 10.2. The molecule has 1 aromatic carbocycles. The molecule has 1 amide bonds. The van der Waals surface area contributed by atoms with Crippen LogP contribution in [-0.2, 0) is 16.6 Å². The molecular weight excluding hydrogens is 302 g/mol. The van der Waals surface area contributed by atoms with Crippen molar-refractivity contribution in [2.45, 2.75) is 46.5 Å². The number of H-pyrrole nitrogens is 1. The van der Waals surface area contributed by atoms with Crippen LogP contribution in [0.2, 0.25) is 0 Å². The lowest BCUT2D eigenvalue weighted by Crippen LogP contribution is -2.38. The van der Waals surface area contributed by atoms with E-state index in [1.54, 1.807) is 13.8 Å². The average Bonchev–Trinajstić information content (AvgIpc) is 2.49. The second-order valence-corrected chi connectivity index (χ2v) is 6.87. The molecule has 0 aliphatic carbocycles. The van der Waals surface area contributed by atoms with Gasteiger partial charge in [0.05, 0.1) is 6.42 Å². The van der Waals surface area contributed by atoms with Gasteiger partial charge in [0, 0.05) is 23.2 Å². The van der Waals surface area contributed by atoms with Crippen LogP contribution in [-0.4, -0.2) is 22.4 Å². The summed E-state index contributed by atoms with van der Waals surface area (Å²) in [7, 11) is 0. The molecule has 24 heavy (non-hydrogen) atoms. The molecule has 5 heteroatoms. The first-order valence-corrected chi connectivity index (χ1v) is 8.10. The molecule has 0 saturated carbocycles. The minimum atomic E-state index is -0.242. The lowest BCUT2D eigenvalue weighted by molar-refractivity contribution is -0.120. The molecule has 1 aromatic heterocycles. The molecule has 0 atom stereocenters. The predicted molar refractivity (Wildman–Crippen MR) is 95.3 cm³/mol. The Morgan fingerprint density at radius 2 is 1.88 bits per heavy atom. The highest BCUT2D eigenvalue weighted by Crippen LogP contribution is 2.25. The van der Waals surface area contributed by atoms with Crippen molar-refractivity contribution < 1.29 is 4.79 Å². The largest absolute Gasteiger partial charge is 0.355 e. The number of rotatable bonds is 5. The van der Waals surface area contributed by atoms with Gasteiger partial charge in [-0.25, -0.2) is 4.98 Å². The van der Waals surface area contributed by atoms with E-state index in [0.717, 1.165) is 0 Å². The Hall–Kier alpha value is -2.43. The molecule has 5 nitrogen and oxygen atoms in total. The maximum Gasteiger partial charge on any atom is 0.254 e. The summed E-state index contributed by atoms with van der Waals surface area (Å²) in [4.78, 5) is 31.1.